The van der Waals surface area contributed by atoms with Gasteiger partial charge in [0, 0.05) is 30.4 Å². The van der Waals surface area contributed by atoms with Gasteiger partial charge in [-0.25, -0.2) is 0 Å². The Morgan fingerprint density at radius 3 is 2.65 bits per heavy atom. The maximum atomic E-state index is 12.9. The molecule has 3 rings (SSSR count). The molecule has 0 radical (unpaired) electrons. The summed E-state index contributed by atoms with van der Waals surface area (Å²) >= 11 is 0. The molecule has 7 heteroatoms. The number of rotatable bonds is 2. The first-order chi connectivity index (χ1) is 9.44. The summed E-state index contributed by atoms with van der Waals surface area (Å²) in [5.41, 5.74) is 2.05. The fraction of sp³-hybridized carbons (Fsp3) is 0.308. The minimum Gasteiger partial charge on any atom is -0.395 e. The number of hydrogen-bond acceptors (Lipinski definition) is 4. The fourth-order valence-electron chi connectivity index (χ4n) is 1.93. The zero-order chi connectivity index (χ0) is 14.3. The van der Waals surface area contributed by atoms with Crippen molar-refractivity contribution in [1.29, 1.82) is 0 Å². The second-order valence-corrected chi connectivity index (χ2v) is 4.62. The summed E-state index contributed by atoms with van der Waals surface area (Å²) in [6.07, 6.45) is -3.65. The van der Waals surface area contributed by atoms with Crippen LogP contribution in [0.1, 0.15) is 6.92 Å². The Balaban J connectivity index is 1.75. The number of halogens is 2. The zero-order valence-corrected chi connectivity index (χ0v) is 10.6. The Labute approximate surface area is 113 Å². The van der Waals surface area contributed by atoms with Crippen LogP contribution in [0.15, 0.2) is 29.3 Å². The third-order valence-corrected chi connectivity index (χ3v) is 3.21. The number of hydrogen-bond donors (Lipinski definition) is 2. The van der Waals surface area contributed by atoms with Gasteiger partial charge in [0.15, 0.2) is 11.5 Å². The summed E-state index contributed by atoms with van der Waals surface area (Å²) in [5, 5.41) is 5.69. The van der Waals surface area contributed by atoms with Crippen LogP contribution in [0.25, 0.3) is 0 Å². The Kier molecular flexibility index (Phi) is 2.86. The van der Waals surface area contributed by atoms with Gasteiger partial charge in [0.05, 0.1) is 0 Å². The summed E-state index contributed by atoms with van der Waals surface area (Å²) in [4.78, 5) is 12.0. The second-order valence-electron chi connectivity index (χ2n) is 4.62. The molecule has 1 amide bonds. The molecule has 0 spiro atoms. The van der Waals surface area contributed by atoms with Crippen LogP contribution in [0.3, 0.4) is 0 Å². The molecule has 2 heterocycles. The summed E-state index contributed by atoms with van der Waals surface area (Å²) in [6, 6.07) is 4.13. The first-order valence-corrected chi connectivity index (χ1v) is 6.05. The van der Waals surface area contributed by atoms with E-state index in [0.29, 0.717) is 24.4 Å². The van der Waals surface area contributed by atoms with Crippen LogP contribution < -0.4 is 20.1 Å². The van der Waals surface area contributed by atoms with E-state index in [1.54, 1.807) is 6.92 Å². The topological polar surface area (TPSA) is 59.6 Å². The van der Waals surface area contributed by atoms with Gasteiger partial charge in [-0.05, 0) is 24.6 Å². The van der Waals surface area contributed by atoms with Crippen molar-refractivity contribution in [2.45, 2.75) is 13.2 Å². The van der Waals surface area contributed by atoms with Gasteiger partial charge in [-0.3, -0.25) is 4.79 Å². The van der Waals surface area contributed by atoms with Crippen LogP contribution >= 0.6 is 0 Å². The number of carbonyl (C=O) groups excluding carboxylic acids is 1. The molecule has 0 aromatic heterocycles. The van der Waals surface area contributed by atoms with Gasteiger partial charge in [0.25, 0.3) is 5.91 Å². The molecule has 2 N–H and O–H groups in total. The number of ether oxygens (including phenoxy) is 2. The van der Waals surface area contributed by atoms with Gasteiger partial charge in [-0.15, -0.1) is 8.78 Å². The molecule has 5 nitrogen and oxygen atoms in total. The van der Waals surface area contributed by atoms with Crippen LogP contribution in [0.2, 0.25) is 0 Å². The van der Waals surface area contributed by atoms with Crippen molar-refractivity contribution in [2.24, 2.45) is 0 Å². The van der Waals surface area contributed by atoms with Gasteiger partial charge >= 0.3 is 6.29 Å². The second kappa shape index (κ2) is 4.45. The van der Waals surface area contributed by atoms with Crippen LogP contribution in [0.4, 0.5) is 14.5 Å². The van der Waals surface area contributed by atoms with E-state index < -0.39 is 6.29 Å². The number of anilines is 1. The molecule has 2 aliphatic rings. The molecule has 1 saturated heterocycles. The van der Waals surface area contributed by atoms with E-state index in [1.165, 1.54) is 18.2 Å². The van der Waals surface area contributed by atoms with Crippen molar-refractivity contribution < 1.29 is 23.0 Å². The van der Waals surface area contributed by atoms with Crippen molar-refractivity contribution in [3.8, 4) is 11.5 Å². The lowest BCUT2D eigenvalue weighted by atomic mass is 10.0. The third-order valence-electron chi connectivity index (χ3n) is 3.21. The monoisotopic (exact) mass is 282 g/mol. The number of nitrogens with one attached hydrogen (secondary N) is 2. The van der Waals surface area contributed by atoms with Crippen LogP contribution in [0, 0.1) is 0 Å². The molecule has 0 aliphatic carbocycles. The van der Waals surface area contributed by atoms with E-state index in [4.69, 9.17) is 0 Å². The molecule has 0 saturated carbocycles. The highest BCUT2D eigenvalue weighted by Crippen LogP contribution is 2.42. The van der Waals surface area contributed by atoms with E-state index in [0.717, 1.165) is 5.57 Å². The van der Waals surface area contributed by atoms with Crippen molar-refractivity contribution in [3.63, 3.8) is 0 Å². The lowest BCUT2D eigenvalue weighted by Crippen LogP contribution is -2.36. The molecule has 2 aliphatic heterocycles. The molecule has 0 unspecified atom stereocenters. The van der Waals surface area contributed by atoms with Gasteiger partial charge in [0.1, 0.15) is 0 Å². The Morgan fingerprint density at radius 1 is 1.30 bits per heavy atom. The molecule has 1 aromatic carbocycles. The van der Waals surface area contributed by atoms with Gasteiger partial charge < -0.3 is 20.1 Å². The number of alkyl halides is 2. The maximum Gasteiger partial charge on any atom is 0.586 e. The number of carbonyl (C=O) groups is 1. The van der Waals surface area contributed by atoms with E-state index in [-0.39, 0.29) is 17.4 Å². The van der Waals surface area contributed by atoms with Crippen molar-refractivity contribution >= 4 is 11.6 Å². The summed E-state index contributed by atoms with van der Waals surface area (Å²) in [5.74, 6) is -0.401. The summed E-state index contributed by atoms with van der Waals surface area (Å²) in [7, 11) is 0. The minimum atomic E-state index is -3.65. The maximum absolute atomic E-state index is 12.9. The highest BCUT2D eigenvalue weighted by molar-refractivity contribution is 6.04. The molecule has 1 aromatic rings. The van der Waals surface area contributed by atoms with Crippen molar-refractivity contribution in [3.05, 3.63) is 29.3 Å². The molecule has 0 atom stereocenters. The predicted octanol–water partition coefficient (Wildman–Crippen LogP) is 1.87. The largest absolute Gasteiger partial charge is 0.586 e. The third kappa shape index (κ3) is 2.32. The average Bonchev–Trinajstić information content (AvgIpc) is 2.59. The van der Waals surface area contributed by atoms with Gasteiger partial charge in [0.2, 0.25) is 0 Å². The van der Waals surface area contributed by atoms with Gasteiger partial charge in [-0.2, -0.15) is 0 Å². The Bertz CT molecular complexity index is 608. The molecule has 0 bridgehead atoms. The van der Waals surface area contributed by atoms with Crippen molar-refractivity contribution in [1.82, 2.24) is 5.32 Å². The van der Waals surface area contributed by atoms with E-state index in [9.17, 15) is 13.6 Å². The summed E-state index contributed by atoms with van der Waals surface area (Å²) < 4.78 is 34.4. The standard InChI is InChI=1S/C13H12F2N2O3/c1-7(8-5-16-6-8)12(18)17-9-2-3-10-11(4-9)20-13(14,15)19-10/h2-4,16H,5-6H2,1H3,(H,17,18). The van der Waals surface area contributed by atoms with Gasteiger partial charge in [-0.1, -0.05) is 0 Å². The first kappa shape index (κ1) is 12.9. The average molecular weight is 282 g/mol. The first-order valence-electron chi connectivity index (χ1n) is 6.05. The Morgan fingerprint density at radius 2 is 2.00 bits per heavy atom. The van der Waals surface area contributed by atoms with Crippen LogP contribution in [-0.2, 0) is 4.79 Å². The van der Waals surface area contributed by atoms with Crippen molar-refractivity contribution in [2.75, 3.05) is 18.4 Å². The highest BCUT2D eigenvalue weighted by Gasteiger charge is 2.43. The molecule has 1 fully saturated rings. The fourth-order valence-corrected chi connectivity index (χ4v) is 1.93. The van der Waals surface area contributed by atoms with Crippen LogP contribution in [0.5, 0.6) is 11.5 Å². The zero-order valence-electron chi connectivity index (χ0n) is 10.6. The van der Waals surface area contributed by atoms with E-state index >= 15 is 0 Å². The minimum absolute atomic E-state index is 0.0498. The smallest absolute Gasteiger partial charge is 0.395 e. The molecular weight excluding hydrogens is 270 g/mol. The quantitative estimate of drug-likeness (QED) is 0.813. The highest BCUT2D eigenvalue weighted by atomic mass is 19.3. The molecular formula is C13H12F2N2O3. The number of amides is 1. The van der Waals surface area contributed by atoms with Crippen LogP contribution in [-0.4, -0.2) is 25.3 Å². The molecule has 20 heavy (non-hydrogen) atoms. The lowest BCUT2D eigenvalue weighted by molar-refractivity contribution is -0.286. The summed E-state index contributed by atoms with van der Waals surface area (Å²) in [6.45, 7) is 3.13. The predicted molar refractivity (Wildman–Crippen MR) is 66.8 cm³/mol. The Hall–Kier alpha value is -2.15. The molecule has 106 valence electrons. The lowest BCUT2D eigenvalue weighted by Gasteiger charge is -2.21. The normalized spacial score (nSPS) is 18.4. The number of benzene rings is 1. The SMILES string of the molecule is CC(C(=O)Nc1ccc2c(c1)OC(F)(F)O2)=C1CNC1. The number of fused-ring (bicyclic) bond motifs is 1. The van der Waals surface area contributed by atoms with E-state index in [1.807, 2.05) is 0 Å². The van der Waals surface area contributed by atoms with E-state index in [2.05, 4.69) is 20.1 Å².